The van der Waals surface area contributed by atoms with E-state index in [2.05, 4.69) is 41.0 Å². The zero-order chi connectivity index (χ0) is 29.4. The molecule has 0 spiro atoms. The van der Waals surface area contributed by atoms with E-state index in [4.69, 9.17) is 19.2 Å². The molecule has 6 rings (SSSR count). The van der Waals surface area contributed by atoms with Gasteiger partial charge < -0.3 is 18.8 Å². The largest absolute Gasteiger partial charge is 0.472 e. The Balaban J connectivity index is 1.44. The van der Waals surface area contributed by atoms with Crippen molar-refractivity contribution in [1.29, 1.82) is 0 Å². The molecule has 0 amide bonds. The Labute approximate surface area is 253 Å². The number of rotatable bonds is 11. The predicted molar refractivity (Wildman–Crippen MR) is 169 cm³/mol. The number of hydrogen-bond donors (Lipinski definition) is 0. The molecule has 3 aromatic carbocycles. The van der Waals surface area contributed by atoms with Crippen LogP contribution in [0, 0.1) is 0 Å². The van der Waals surface area contributed by atoms with E-state index in [9.17, 15) is 4.79 Å². The van der Waals surface area contributed by atoms with Crippen LogP contribution in [-0.2, 0) is 29.3 Å². The molecule has 0 aliphatic heterocycles. The van der Waals surface area contributed by atoms with Crippen molar-refractivity contribution >= 4 is 16.9 Å². The summed E-state index contributed by atoms with van der Waals surface area (Å²) in [5.74, 6) is 1.23. The Morgan fingerprint density at radius 1 is 0.860 bits per heavy atom. The third-order valence-corrected chi connectivity index (χ3v) is 8.17. The fourth-order valence-electron chi connectivity index (χ4n) is 6.24. The molecule has 0 bridgehead atoms. The van der Waals surface area contributed by atoms with E-state index < -0.39 is 0 Å². The van der Waals surface area contributed by atoms with Gasteiger partial charge in [-0.15, -0.1) is 0 Å². The van der Waals surface area contributed by atoms with Crippen molar-refractivity contribution in [2.24, 2.45) is 0 Å². The molecule has 1 aliphatic rings. The number of nitrogens with zero attached hydrogens (tertiary/aromatic N) is 2. The van der Waals surface area contributed by atoms with E-state index in [0.29, 0.717) is 43.9 Å². The van der Waals surface area contributed by atoms with Crippen LogP contribution in [-0.4, -0.2) is 22.1 Å². The van der Waals surface area contributed by atoms with Crippen molar-refractivity contribution < 1.29 is 19.0 Å². The number of carbonyl (C=O) groups is 1. The molecule has 1 saturated carbocycles. The maximum absolute atomic E-state index is 11.9. The quantitative estimate of drug-likeness (QED) is 0.0899. The molecular weight excluding hydrogens is 536 g/mol. The Hall–Kier alpha value is -4.42. The molecule has 6 nitrogen and oxygen atoms in total. The summed E-state index contributed by atoms with van der Waals surface area (Å²) in [5, 5.41) is 1.18. The van der Waals surface area contributed by atoms with Gasteiger partial charge >= 0.3 is 5.97 Å². The molecule has 1 fully saturated rings. The van der Waals surface area contributed by atoms with Crippen molar-refractivity contribution in [2.45, 2.75) is 64.7 Å². The minimum atomic E-state index is -0.333. The van der Waals surface area contributed by atoms with Crippen molar-refractivity contribution in [3.8, 4) is 22.9 Å². The van der Waals surface area contributed by atoms with Gasteiger partial charge in [0.15, 0.2) is 0 Å². The Bertz CT molecular complexity index is 1660. The highest BCUT2D eigenvalue weighted by Crippen LogP contribution is 2.46. The van der Waals surface area contributed by atoms with Crippen LogP contribution in [0.15, 0.2) is 97.2 Å². The number of hydrogen-bond acceptors (Lipinski definition) is 5. The molecule has 0 unspecified atom stereocenters. The SMILES string of the molecule is CC(=O)Oc1ccc2c(C3CCCCC3)c(-c3cccnc3OCc3ccccc3)n(CCOCc3ccccc3)c2c1. The first-order chi connectivity index (χ1) is 21.2. The predicted octanol–water partition coefficient (Wildman–Crippen LogP) is 8.47. The highest BCUT2D eigenvalue weighted by molar-refractivity contribution is 5.94. The van der Waals surface area contributed by atoms with Gasteiger partial charge in [-0.2, -0.15) is 0 Å². The van der Waals surface area contributed by atoms with Gasteiger partial charge in [-0.05, 0) is 59.7 Å². The molecule has 43 heavy (non-hydrogen) atoms. The smallest absolute Gasteiger partial charge is 0.308 e. The number of aromatic nitrogens is 2. The number of carbonyl (C=O) groups excluding carboxylic acids is 1. The topological polar surface area (TPSA) is 62.6 Å². The summed E-state index contributed by atoms with van der Waals surface area (Å²) < 4.78 is 20.5. The molecule has 0 radical (unpaired) electrons. The minimum absolute atomic E-state index is 0.333. The maximum Gasteiger partial charge on any atom is 0.308 e. The lowest BCUT2D eigenvalue weighted by molar-refractivity contribution is -0.131. The summed E-state index contributed by atoms with van der Waals surface area (Å²) >= 11 is 0. The third-order valence-electron chi connectivity index (χ3n) is 8.17. The van der Waals surface area contributed by atoms with Crippen LogP contribution in [0.3, 0.4) is 0 Å². The molecule has 0 saturated heterocycles. The van der Waals surface area contributed by atoms with Crippen molar-refractivity contribution in [3.63, 3.8) is 0 Å². The molecule has 1 aliphatic carbocycles. The number of esters is 1. The number of pyridine rings is 1. The summed E-state index contributed by atoms with van der Waals surface area (Å²) in [6.07, 6.45) is 7.77. The fraction of sp³-hybridized carbons (Fsp3) is 0.297. The Morgan fingerprint density at radius 2 is 1.58 bits per heavy atom. The van der Waals surface area contributed by atoms with Gasteiger partial charge in [0, 0.05) is 31.1 Å². The normalized spacial score (nSPS) is 13.7. The lowest BCUT2D eigenvalue weighted by atomic mass is 9.82. The van der Waals surface area contributed by atoms with E-state index in [-0.39, 0.29) is 5.97 Å². The van der Waals surface area contributed by atoms with E-state index in [1.165, 1.54) is 37.1 Å². The molecule has 2 heterocycles. The highest BCUT2D eigenvalue weighted by atomic mass is 16.5. The van der Waals surface area contributed by atoms with Gasteiger partial charge in [0.1, 0.15) is 12.4 Å². The van der Waals surface area contributed by atoms with E-state index in [1.54, 1.807) is 6.20 Å². The standard InChI is InChI=1S/C37H38N2O4/c1-27(40)43-31-19-20-32-34(24-31)39(22-23-41-25-28-12-5-2-6-13-28)36(35(32)30-16-9-4-10-17-30)33-18-11-21-38-37(33)42-26-29-14-7-3-8-15-29/h2-3,5-8,11-15,18-21,24,30H,4,9-10,16-17,22-23,25-26H2,1H3. The summed E-state index contributed by atoms with van der Waals surface area (Å²) in [7, 11) is 0. The zero-order valence-electron chi connectivity index (χ0n) is 24.7. The third kappa shape index (κ3) is 6.81. The van der Waals surface area contributed by atoms with Crippen LogP contribution in [0.2, 0.25) is 0 Å². The number of ether oxygens (including phenoxy) is 3. The second-order valence-corrected chi connectivity index (χ2v) is 11.2. The molecule has 5 aromatic rings. The number of benzene rings is 3. The molecule has 0 N–H and O–H groups in total. The lowest BCUT2D eigenvalue weighted by Crippen LogP contribution is -2.11. The summed E-state index contributed by atoms with van der Waals surface area (Å²) in [6.45, 7) is 3.56. The molecule has 0 atom stereocenters. The van der Waals surface area contributed by atoms with Gasteiger partial charge in [-0.3, -0.25) is 4.79 Å². The second-order valence-electron chi connectivity index (χ2n) is 11.2. The molecule has 6 heteroatoms. The van der Waals surface area contributed by atoms with Gasteiger partial charge in [-0.1, -0.05) is 79.9 Å². The maximum atomic E-state index is 11.9. The average Bonchev–Trinajstić information content (AvgIpc) is 3.36. The van der Waals surface area contributed by atoms with Crippen LogP contribution in [0.5, 0.6) is 11.6 Å². The van der Waals surface area contributed by atoms with Crippen LogP contribution >= 0.6 is 0 Å². The van der Waals surface area contributed by atoms with Gasteiger partial charge in [-0.25, -0.2) is 4.98 Å². The Kier molecular flexibility index (Phi) is 9.14. The van der Waals surface area contributed by atoms with Gasteiger partial charge in [0.2, 0.25) is 5.88 Å². The first-order valence-corrected chi connectivity index (χ1v) is 15.3. The summed E-state index contributed by atoms with van der Waals surface area (Å²) in [5.41, 5.74) is 6.66. The average molecular weight is 575 g/mol. The molecule has 2 aromatic heterocycles. The summed E-state index contributed by atoms with van der Waals surface area (Å²) in [4.78, 5) is 16.6. The first kappa shape index (κ1) is 28.7. The Morgan fingerprint density at radius 3 is 2.30 bits per heavy atom. The van der Waals surface area contributed by atoms with Crippen molar-refractivity contribution in [3.05, 3.63) is 114 Å². The van der Waals surface area contributed by atoms with Gasteiger partial charge in [0.25, 0.3) is 0 Å². The van der Waals surface area contributed by atoms with Crippen LogP contribution < -0.4 is 9.47 Å². The van der Waals surface area contributed by atoms with E-state index in [0.717, 1.165) is 40.7 Å². The first-order valence-electron chi connectivity index (χ1n) is 15.3. The monoisotopic (exact) mass is 574 g/mol. The number of fused-ring (bicyclic) bond motifs is 1. The lowest BCUT2D eigenvalue weighted by Gasteiger charge is -2.24. The molecular formula is C37H38N2O4. The minimum Gasteiger partial charge on any atom is -0.472 e. The molecule has 220 valence electrons. The summed E-state index contributed by atoms with van der Waals surface area (Å²) in [6, 6.07) is 30.5. The van der Waals surface area contributed by atoms with E-state index >= 15 is 0 Å². The van der Waals surface area contributed by atoms with E-state index in [1.807, 2.05) is 54.6 Å². The highest BCUT2D eigenvalue weighted by Gasteiger charge is 2.28. The van der Waals surface area contributed by atoms with Crippen LogP contribution in [0.1, 0.15) is 61.6 Å². The van der Waals surface area contributed by atoms with Crippen LogP contribution in [0.4, 0.5) is 0 Å². The van der Waals surface area contributed by atoms with Crippen LogP contribution in [0.25, 0.3) is 22.2 Å². The fourth-order valence-corrected chi connectivity index (χ4v) is 6.24. The van der Waals surface area contributed by atoms with Gasteiger partial charge in [0.05, 0.1) is 30.0 Å². The zero-order valence-corrected chi connectivity index (χ0v) is 24.7. The van der Waals surface area contributed by atoms with Crippen molar-refractivity contribution in [2.75, 3.05) is 6.61 Å². The van der Waals surface area contributed by atoms with Crippen molar-refractivity contribution in [1.82, 2.24) is 9.55 Å². The second kappa shape index (κ2) is 13.7.